The van der Waals surface area contributed by atoms with Gasteiger partial charge in [-0.25, -0.2) is 0 Å². The maximum absolute atomic E-state index is 3.80. The second-order valence-corrected chi connectivity index (χ2v) is 6.63. The van der Waals surface area contributed by atoms with Gasteiger partial charge in [-0.3, -0.25) is 0 Å². The van der Waals surface area contributed by atoms with E-state index in [1.165, 1.54) is 28.7 Å². The number of aryl methyl sites for hydroxylation is 2. The highest BCUT2D eigenvalue weighted by atomic mass is 79.9. The Morgan fingerprint density at radius 1 is 1.00 bits per heavy atom. The highest BCUT2D eigenvalue weighted by molar-refractivity contribution is 9.10. The van der Waals surface area contributed by atoms with Crippen LogP contribution in [0.25, 0.3) is 0 Å². The van der Waals surface area contributed by atoms with Crippen LogP contribution in [0, 0.1) is 6.92 Å². The van der Waals surface area contributed by atoms with Crippen molar-refractivity contribution in [2.75, 3.05) is 0 Å². The normalized spacial score (nSPS) is 12.4. The van der Waals surface area contributed by atoms with Gasteiger partial charge < -0.3 is 0 Å². The highest BCUT2D eigenvalue weighted by Gasteiger charge is 2.11. The molecule has 0 aliphatic heterocycles. The molecular weight excluding hydrogens is 364 g/mol. The van der Waals surface area contributed by atoms with Crippen LogP contribution in [-0.4, -0.2) is 0 Å². The Kier molecular flexibility index (Phi) is 5.23. The van der Waals surface area contributed by atoms with E-state index in [0.717, 1.165) is 10.9 Å². The van der Waals surface area contributed by atoms with E-state index in [2.05, 4.69) is 88.2 Å². The van der Waals surface area contributed by atoms with Gasteiger partial charge in [-0.2, -0.15) is 0 Å². The van der Waals surface area contributed by atoms with Crippen LogP contribution in [0.2, 0.25) is 0 Å². The van der Waals surface area contributed by atoms with Gasteiger partial charge in [0.15, 0.2) is 0 Å². The van der Waals surface area contributed by atoms with Crippen LogP contribution in [0.3, 0.4) is 0 Å². The van der Waals surface area contributed by atoms with Crippen molar-refractivity contribution in [1.29, 1.82) is 0 Å². The van der Waals surface area contributed by atoms with Gasteiger partial charge in [-0.15, -0.1) is 0 Å². The van der Waals surface area contributed by atoms with Crippen molar-refractivity contribution in [1.82, 2.24) is 0 Å². The van der Waals surface area contributed by atoms with Crippen LogP contribution < -0.4 is 0 Å². The van der Waals surface area contributed by atoms with E-state index in [-0.39, 0.29) is 4.83 Å². The van der Waals surface area contributed by atoms with Crippen molar-refractivity contribution in [2.24, 2.45) is 0 Å². The largest absolute Gasteiger partial charge is 0.0786 e. The van der Waals surface area contributed by atoms with E-state index in [9.17, 15) is 0 Å². The molecule has 2 aromatic carbocycles. The fraction of sp³-hybridized carbons (Fsp3) is 0.294. The lowest BCUT2D eigenvalue weighted by molar-refractivity contribution is 0.920. The molecule has 0 saturated heterocycles. The molecule has 0 heterocycles. The summed E-state index contributed by atoms with van der Waals surface area (Å²) in [4.78, 5) is 0.259. The molecule has 0 fully saturated rings. The smallest absolute Gasteiger partial charge is 0.0644 e. The Bertz CT molecular complexity index is 544. The summed E-state index contributed by atoms with van der Waals surface area (Å²) in [5.74, 6) is 0. The molecule has 0 saturated carbocycles. The quantitative estimate of drug-likeness (QED) is 0.553. The minimum absolute atomic E-state index is 0.259. The molecular formula is C17H18Br2. The summed E-state index contributed by atoms with van der Waals surface area (Å²) in [7, 11) is 0. The summed E-state index contributed by atoms with van der Waals surface area (Å²) in [6.45, 7) is 4.34. The summed E-state index contributed by atoms with van der Waals surface area (Å²) >= 11 is 7.35. The van der Waals surface area contributed by atoms with Crippen LogP contribution >= 0.6 is 31.9 Å². The van der Waals surface area contributed by atoms with Crippen molar-refractivity contribution in [3.05, 3.63) is 69.2 Å². The lowest BCUT2D eigenvalue weighted by Crippen LogP contribution is -1.94. The molecule has 0 bridgehead atoms. The van der Waals surface area contributed by atoms with Crippen molar-refractivity contribution in [3.63, 3.8) is 0 Å². The van der Waals surface area contributed by atoms with Gasteiger partial charge in [-0.1, -0.05) is 81.6 Å². The van der Waals surface area contributed by atoms with Crippen molar-refractivity contribution in [3.8, 4) is 0 Å². The zero-order valence-electron chi connectivity index (χ0n) is 11.3. The first kappa shape index (κ1) is 14.8. The molecule has 1 unspecified atom stereocenters. The van der Waals surface area contributed by atoms with Crippen molar-refractivity contribution in [2.45, 2.75) is 31.5 Å². The molecule has 2 heteroatoms. The molecule has 0 aliphatic rings. The van der Waals surface area contributed by atoms with Crippen molar-refractivity contribution >= 4 is 31.9 Å². The second kappa shape index (κ2) is 6.71. The highest BCUT2D eigenvalue weighted by Crippen LogP contribution is 2.32. The first-order valence-electron chi connectivity index (χ1n) is 6.60. The van der Waals surface area contributed by atoms with Gasteiger partial charge in [-0.05, 0) is 41.7 Å². The topological polar surface area (TPSA) is 0 Å². The molecule has 0 radical (unpaired) electrons. The summed E-state index contributed by atoms with van der Waals surface area (Å²) in [5, 5.41) is 0. The zero-order valence-corrected chi connectivity index (χ0v) is 14.5. The fourth-order valence-corrected chi connectivity index (χ4v) is 3.00. The minimum atomic E-state index is 0.259. The van der Waals surface area contributed by atoms with Gasteiger partial charge >= 0.3 is 0 Å². The number of alkyl halides is 1. The summed E-state index contributed by atoms with van der Waals surface area (Å²) < 4.78 is 1.16. The fourth-order valence-electron chi connectivity index (χ4n) is 2.16. The molecule has 2 rings (SSSR count). The minimum Gasteiger partial charge on any atom is -0.0786 e. The molecule has 19 heavy (non-hydrogen) atoms. The van der Waals surface area contributed by atoms with E-state index in [4.69, 9.17) is 0 Å². The van der Waals surface area contributed by atoms with Crippen LogP contribution in [0.4, 0.5) is 0 Å². The molecule has 100 valence electrons. The summed E-state index contributed by atoms with van der Waals surface area (Å²) in [6, 6.07) is 15.4. The van der Waals surface area contributed by atoms with E-state index in [0.29, 0.717) is 0 Å². The average Bonchev–Trinajstić information content (AvgIpc) is 2.42. The maximum atomic E-state index is 3.80. The van der Waals surface area contributed by atoms with Crippen molar-refractivity contribution < 1.29 is 0 Å². The number of hydrogen-bond donors (Lipinski definition) is 0. The zero-order chi connectivity index (χ0) is 13.8. The van der Waals surface area contributed by atoms with Crippen LogP contribution in [0.5, 0.6) is 0 Å². The van der Waals surface area contributed by atoms with Crippen LogP contribution in [-0.2, 0) is 6.42 Å². The van der Waals surface area contributed by atoms with E-state index < -0.39 is 0 Å². The lowest BCUT2D eigenvalue weighted by atomic mass is 10.0. The molecule has 0 amide bonds. The summed E-state index contributed by atoms with van der Waals surface area (Å²) in [6.07, 6.45) is 2.35. The monoisotopic (exact) mass is 380 g/mol. The first-order valence-corrected chi connectivity index (χ1v) is 8.31. The Hall–Kier alpha value is -0.600. The Morgan fingerprint density at radius 3 is 2.21 bits per heavy atom. The van der Waals surface area contributed by atoms with E-state index in [1.807, 2.05) is 0 Å². The Balaban J connectivity index is 2.22. The predicted octanol–water partition coefficient (Wildman–Crippen LogP) is 6.19. The third-order valence-corrected chi connectivity index (χ3v) is 5.23. The van der Waals surface area contributed by atoms with Gasteiger partial charge in [0, 0.05) is 4.47 Å². The number of rotatable bonds is 4. The molecule has 0 N–H and O–H groups in total. The molecule has 0 nitrogen and oxygen atoms in total. The number of benzene rings is 2. The number of halogens is 2. The van der Waals surface area contributed by atoms with Gasteiger partial charge in [0.1, 0.15) is 0 Å². The second-order valence-electron chi connectivity index (χ2n) is 4.86. The van der Waals surface area contributed by atoms with E-state index in [1.54, 1.807) is 0 Å². The van der Waals surface area contributed by atoms with E-state index >= 15 is 0 Å². The Labute approximate surface area is 132 Å². The third-order valence-electron chi connectivity index (χ3n) is 3.29. The van der Waals surface area contributed by atoms with Crippen LogP contribution in [0.15, 0.2) is 46.9 Å². The van der Waals surface area contributed by atoms with Gasteiger partial charge in [0.05, 0.1) is 4.83 Å². The summed E-state index contributed by atoms with van der Waals surface area (Å²) in [5.41, 5.74) is 5.29. The molecule has 0 aliphatic carbocycles. The average molecular weight is 382 g/mol. The van der Waals surface area contributed by atoms with Gasteiger partial charge in [0.25, 0.3) is 0 Å². The predicted molar refractivity (Wildman–Crippen MR) is 90.1 cm³/mol. The maximum Gasteiger partial charge on any atom is 0.0644 e. The number of hydrogen-bond acceptors (Lipinski definition) is 0. The molecule has 0 aromatic heterocycles. The standard InChI is InChI=1S/C17H18Br2/c1-3-4-13-5-7-14(8-6-13)17(19)15-9-10-16(18)12(2)11-15/h5-11,17H,3-4H2,1-2H3. The van der Waals surface area contributed by atoms with Crippen LogP contribution in [0.1, 0.15) is 40.4 Å². The molecule has 0 spiro atoms. The SMILES string of the molecule is CCCc1ccc(C(Br)c2ccc(Br)c(C)c2)cc1. The Morgan fingerprint density at radius 2 is 1.63 bits per heavy atom. The third kappa shape index (κ3) is 3.70. The van der Waals surface area contributed by atoms with Gasteiger partial charge in [0.2, 0.25) is 0 Å². The molecule has 1 atom stereocenters. The molecule has 2 aromatic rings. The lowest BCUT2D eigenvalue weighted by Gasteiger charge is -2.13. The first-order chi connectivity index (χ1) is 9.11.